The van der Waals surface area contributed by atoms with Crippen molar-refractivity contribution in [3.05, 3.63) is 52.4 Å². The van der Waals surface area contributed by atoms with Gasteiger partial charge in [-0.15, -0.1) is 11.3 Å². The van der Waals surface area contributed by atoms with E-state index in [1.165, 1.54) is 17.0 Å². The molecular weight excluding hydrogens is 287 g/mol. The molecule has 3 N–H and O–H groups in total. The number of hydrazine groups is 1. The third-order valence-electron chi connectivity index (χ3n) is 3.25. The summed E-state index contributed by atoms with van der Waals surface area (Å²) in [4.78, 5) is 11.2. The van der Waals surface area contributed by atoms with Crippen LogP contribution in [0.2, 0.25) is 0 Å². The quantitative estimate of drug-likeness (QED) is 0.573. The number of benzene rings is 1. The maximum Gasteiger partial charge on any atom is 0.152 e. The number of halogens is 1. The molecule has 0 unspecified atom stereocenters. The molecule has 2 heterocycles. The Bertz CT molecular complexity index is 767. The first kappa shape index (κ1) is 13.9. The Labute approximate surface area is 125 Å². The highest BCUT2D eigenvalue weighted by Crippen LogP contribution is 2.29. The molecule has 1 aromatic carbocycles. The second-order valence-corrected chi connectivity index (χ2v) is 5.84. The first-order chi connectivity index (χ1) is 10.2. The Morgan fingerprint density at radius 1 is 1.24 bits per heavy atom. The molecule has 0 aliphatic heterocycles. The average Bonchev–Trinajstić information content (AvgIpc) is 2.92. The Balaban J connectivity index is 2.00. The van der Waals surface area contributed by atoms with Crippen LogP contribution in [0.5, 0.6) is 0 Å². The normalized spacial score (nSPS) is 11.0. The summed E-state index contributed by atoms with van der Waals surface area (Å²) in [6.07, 6.45) is 1.50. The number of nitrogens with zero attached hydrogens (tertiary/aromatic N) is 2. The van der Waals surface area contributed by atoms with Crippen LogP contribution >= 0.6 is 11.3 Å². The van der Waals surface area contributed by atoms with E-state index in [0.717, 1.165) is 22.2 Å². The number of nitrogens with two attached hydrogens (primary N) is 1. The van der Waals surface area contributed by atoms with Gasteiger partial charge in [0.2, 0.25) is 0 Å². The van der Waals surface area contributed by atoms with Crippen molar-refractivity contribution >= 4 is 27.4 Å². The van der Waals surface area contributed by atoms with Crippen molar-refractivity contribution < 1.29 is 4.39 Å². The van der Waals surface area contributed by atoms with Crippen molar-refractivity contribution in [1.29, 1.82) is 0 Å². The summed E-state index contributed by atoms with van der Waals surface area (Å²) in [5.41, 5.74) is 3.60. The maximum atomic E-state index is 12.9. The van der Waals surface area contributed by atoms with Crippen molar-refractivity contribution in [1.82, 2.24) is 9.97 Å². The van der Waals surface area contributed by atoms with Crippen molar-refractivity contribution in [2.24, 2.45) is 5.84 Å². The number of nitrogens with one attached hydrogen (secondary N) is 1. The number of aromatic nitrogens is 2. The first-order valence-corrected chi connectivity index (χ1v) is 7.51. The lowest BCUT2D eigenvalue weighted by molar-refractivity contribution is 0.627. The van der Waals surface area contributed by atoms with E-state index < -0.39 is 0 Å². The van der Waals surface area contributed by atoms with Crippen molar-refractivity contribution in [3.63, 3.8) is 0 Å². The lowest BCUT2D eigenvalue weighted by Crippen LogP contribution is -2.10. The summed E-state index contributed by atoms with van der Waals surface area (Å²) < 4.78 is 12.9. The second-order valence-electron chi connectivity index (χ2n) is 4.72. The van der Waals surface area contributed by atoms with Crippen LogP contribution in [0.15, 0.2) is 30.3 Å². The minimum absolute atomic E-state index is 0.245. The Hall–Kier alpha value is -2.05. The molecule has 3 rings (SSSR count). The largest absolute Gasteiger partial charge is 0.308 e. The minimum Gasteiger partial charge on any atom is -0.308 e. The van der Waals surface area contributed by atoms with E-state index in [0.29, 0.717) is 18.1 Å². The van der Waals surface area contributed by atoms with Gasteiger partial charge in [-0.2, -0.15) is 0 Å². The van der Waals surface area contributed by atoms with Gasteiger partial charge in [0, 0.05) is 11.3 Å². The first-order valence-electron chi connectivity index (χ1n) is 6.70. The second kappa shape index (κ2) is 5.75. The van der Waals surface area contributed by atoms with Gasteiger partial charge in [-0.05, 0) is 30.2 Å². The molecular formula is C15H15FN4S. The van der Waals surface area contributed by atoms with Crippen LogP contribution in [0.4, 0.5) is 10.2 Å². The zero-order valence-corrected chi connectivity index (χ0v) is 12.4. The molecule has 0 bridgehead atoms. The lowest BCUT2D eigenvalue weighted by atomic mass is 10.1. The molecule has 2 aromatic heterocycles. The molecule has 3 aromatic rings. The van der Waals surface area contributed by atoms with Crippen LogP contribution in [-0.2, 0) is 12.8 Å². The monoisotopic (exact) mass is 302 g/mol. The highest BCUT2D eigenvalue weighted by atomic mass is 32.1. The third-order valence-corrected chi connectivity index (χ3v) is 4.42. The van der Waals surface area contributed by atoms with Crippen molar-refractivity contribution in [2.75, 3.05) is 5.43 Å². The van der Waals surface area contributed by atoms with Gasteiger partial charge in [0.15, 0.2) is 5.82 Å². The summed E-state index contributed by atoms with van der Waals surface area (Å²) in [5, 5.41) is 0.946. The van der Waals surface area contributed by atoms with E-state index in [1.54, 1.807) is 23.5 Å². The number of rotatable bonds is 4. The van der Waals surface area contributed by atoms with Crippen molar-refractivity contribution in [3.8, 4) is 0 Å². The number of hydrogen-bond donors (Lipinski definition) is 2. The van der Waals surface area contributed by atoms with Gasteiger partial charge in [0.05, 0.1) is 5.39 Å². The van der Waals surface area contributed by atoms with Crippen LogP contribution in [-0.4, -0.2) is 9.97 Å². The lowest BCUT2D eigenvalue weighted by Gasteiger charge is -2.05. The van der Waals surface area contributed by atoms with Gasteiger partial charge in [-0.25, -0.2) is 20.2 Å². The highest BCUT2D eigenvalue weighted by Gasteiger charge is 2.11. The average molecular weight is 302 g/mol. The predicted octanol–water partition coefficient (Wildman–Crippen LogP) is 3.27. The molecule has 0 radical (unpaired) electrons. The van der Waals surface area contributed by atoms with Crippen LogP contribution in [0, 0.1) is 5.82 Å². The molecule has 0 atom stereocenters. The molecule has 21 heavy (non-hydrogen) atoms. The van der Waals surface area contributed by atoms with E-state index in [4.69, 9.17) is 5.84 Å². The molecule has 0 aliphatic rings. The fraction of sp³-hybridized carbons (Fsp3) is 0.200. The number of fused-ring (bicyclic) bond motifs is 1. The fourth-order valence-corrected chi connectivity index (χ4v) is 3.15. The van der Waals surface area contributed by atoms with Crippen LogP contribution < -0.4 is 11.3 Å². The number of hydrogen-bond acceptors (Lipinski definition) is 5. The maximum absolute atomic E-state index is 12.9. The molecule has 0 spiro atoms. The van der Waals surface area contributed by atoms with Crippen LogP contribution in [0.1, 0.15) is 23.2 Å². The summed E-state index contributed by atoms with van der Waals surface area (Å²) in [6.45, 7) is 2.10. The number of aryl methyl sites for hydroxylation is 1. The molecule has 6 heteroatoms. The molecule has 0 fully saturated rings. The SMILES string of the molecule is CCc1cc2c(NN)nc(Cc3ccc(F)cc3)nc2s1. The Morgan fingerprint density at radius 3 is 2.67 bits per heavy atom. The molecule has 0 saturated carbocycles. The van der Waals surface area contributed by atoms with Gasteiger partial charge < -0.3 is 5.43 Å². The standard InChI is InChI=1S/C15H15FN4S/c1-2-11-8-12-14(20-17)18-13(19-15(12)21-11)7-9-3-5-10(16)6-4-9/h3-6,8H,2,7,17H2,1H3,(H,18,19,20). The minimum atomic E-state index is -0.245. The smallest absolute Gasteiger partial charge is 0.152 e. The zero-order chi connectivity index (χ0) is 14.8. The van der Waals surface area contributed by atoms with E-state index in [1.807, 2.05) is 0 Å². The molecule has 0 amide bonds. The van der Waals surface area contributed by atoms with Crippen molar-refractivity contribution in [2.45, 2.75) is 19.8 Å². The van der Waals surface area contributed by atoms with Gasteiger partial charge in [0.25, 0.3) is 0 Å². The van der Waals surface area contributed by atoms with E-state index >= 15 is 0 Å². The Kier molecular flexibility index (Phi) is 3.81. The molecule has 4 nitrogen and oxygen atoms in total. The highest BCUT2D eigenvalue weighted by molar-refractivity contribution is 7.18. The topological polar surface area (TPSA) is 63.8 Å². The molecule has 0 aliphatic carbocycles. The van der Waals surface area contributed by atoms with Gasteiger partial charge in [-0.1, -0.05) is 19.1 Å². The number of nitrogen functional groups attached to an aromatic ring is 1. The zero-order valence-electron chi connectivity index (χ0n) is 11.6. The summed E-state index contributed by atoms with van der Waals surface area (Å²) in [7, 11) is 0. The van der Waals surface area contributed by atoms with Crippen LogP contribution in [0.3, 0.4) is 0 Å². The van der Waals surface area contributed by atoms with Crippen LogP contribution in [0.25, 0.3) is 10.2 Å². The molecule has 0 saturated heterocycles. The van der Waals surface area contributed by atoms with E-state index in [9.17, 15) is 4.39 Å². The van der Waals surface area contributed by atoms with Gasteiger partial charge >= 0.3 is 0 Å². The summed E-state index contributed by atoms with van der Waals surface area (Å²) >= 11 is 1.65. The van der Waals surface area contributed by atoms with E-state index in [-0.39, 0.29) is 5.82 Å². The van der Waals surface area contributed by atoms with E-state index in [2.05, 4.69) is 28.4 Å². The van der Waals surface area contributed by atoms with Gasteiger partial charge in [-0.3, -0.25) is 0 Å². The molecule has 108 valence electrons. The number of thiophene rings is 1. The third kappa shape index (κ3) is 2.86. The predicted molar refractivity (Wildman–Crippen MR) is 83.8 cm³/mol. The Morgan fingerprint density at radius 2 is 2.00 bits per heavy atom. The van der Waals surface area contributed by atoms with Gasteiger partial charge in [0.1, 0.15) is 16.5 Å². The summed E-state index contributed by atoms with van der Waals surface area (Å²) in [6, 6.07) is 8.43. The number of anilines is 1. The fourth-order valence-electron chi connectivity index (χ4n) is 2.16. The summed E-state index contributed by atoms with van der Waals surface area (Å²) in [5.74, 6) is 6.62.